The topological polar surface area (TPSA) is 20.2 Å². The SMILES string of the molecule is OC1(Cc2cc(F)c(F)cc2F)CC2CCC(C1)S2. The van der Waals surface area contributed by atoms with E-state index in [1.54, 1.807) is 0 Å². The molecule has 1 aromatic carbocycles. The minimum atomic E-state index is -1.19. The van der Waals surface area contributed by atoms with Crippen LogP contribution in [0.5, 0.6) is 0 Å². The highest BCUT2D eigenvalue weighted by atomic mass is 32.2. The third-order valence-corrected chi connectivity index (χ3v) is 5.59. The van der Waals surface area contributed by atoms with Gasteiger partial charge in [0.05, 0.1) is 5.60 Å². The Bertz CT molecular complexity index is 494. The number of rotatable bonds is 2. The van der Waals surface area contributed by atoms with Gasteiger partial charge in [-0.05, 0) is 37.3 Å². The number of thioether (sulfide) groups is 1. The summed E-state index contributed by atoms with van der Waals surface area (Å²) in [5.74, 6) is -3.03. The van der Waals surface area contributed by atoms with Crippen molar-refractivity contribution in [1.82, 2.24) is 0 Å². The largest absolute Gasteiger partial charge is 0.389 e. The van der Waals surface area contributed by atoms with Crippen molar-refractivity contribution >= 4 is 11.8 Å². The van der Waals surface area contributed by atoms with Crippen molar-refractivity contribution in [2.75, 3.05) is 0 Å². The molecule has 0 aromatic heterocycles. The number of hydrogen-bond acceptors (Lipinski definition) is 2. The molecule has 2 aliphatic heterocycles. The molecule has 19 heavy (non-hydrogen) atoms. The van der Waals surface area contributed by atoms with Crippen LogP contribution in [0.25, 0.3) is 0 Å². The molecular weight excluding hydrogens is 273 g/mol. The highest BCUT2D eigenvalue weighted by molar-refractivity contribution is 8.00. The molecule has 1 nitrogen and oxygen atoms in total. The fraction of sp³-hybridized carbons (Fsp3) is 0.571. The van der Waals surface area contributed by atoms with Crippen molar-refractivity contribution in [3.8, 4) is 0 Å². The molecule has 0 saturated carbocycles. The Hall–Kier alpha value is -0.680. The highest BCUT2D eigenvalue weighted by Gasteiger charge is 2.43. The van der Waals surface area contributed by atoms with Gasteiger partial charge in [-0.3, -0.25) is 0 Å². The van der Waals surface area contributed by atoms with Crippen LogP contribution in [0.4, 0.5) is 13.2 Å². The summed E-state index contributed by atoms with van der Waals surface area (Å²) in [5.41, 5.74) is -0.921. The molecular formula is C14H15F3OS. The molecule has 1 aromatic rings. The van der Waals surface area contributed by atoms with Gasteiger partial charge in [0.2, 0.25) is 0 Å². The maximum atomic E-state index is 13.6. The van der Waals surface area contributed by atoms with Gasteiger partial charge < -0.3 is 5.11 Å². The Morgan fingerprint density at radius 2 is 1.63 bits per heavy atom. The maximum Gasteiger partial charge on any atom is 0.161 e. The average molecular weight is 288 g/mol. The first-order chi connectivity index (χ1) is 8.95. The molecule has 2 atom stereocenters. The van der Waals surface area contributed by atoms with E-state index in [1.807, 2.05) is 11.8 Å². The van der Waals surface area contributed by atoms with E-state index in [-0.39, 0.29) is 12.0 Å². The van der Waals surface area contributed by atoms with Crippen molar-refractivity contribution in [2.24, 2.45) is 0 Å². The van der Waals surface area contributed by atoms with Crippen molar-refractivity contribution in [3.05, 3.63) is 35.1 Å². The average Bonchev–Trinajstić information content (AvgIpc) is 2.66. The van der Waals surface area contributed by atoms with Gasteiger partial charge in [0.15, 0.2) is 11.6 Å². The molecule has 1 N–H and O–H groups in total. The van der Waals surface area contributed by atoms with Crippen LogP contribution in [0.3, 0.4) is 0 Å². The first-order valence-electron chi connectivity index (χ1n) is 6.46. The quantitative estimate of drug-likeness (QED) is 0.841. The second kappa shape index (κ2) is 4.70. The predicted octanol–water partition coefficient (Wildman–Crippen LogP) is 3.44. The molecule has 2 aliphatic rings. The number of fused-ring (bicyclic) bond motifs is 2. The highest BCUT2D eigenvalue weighted by Crippen LogP contribution is 2.48. The lowest BCUT2D eigenvalue weighted by Gasteiger charge is -2.36. The molecule has 2 heterocycles. The fourth-order valence-electron chi connectivity index (χ4n) is 3.21. The third kappa shape index (κ3) is 2.63. The van der Waals surface area contributed by atoms with Gasteiger partial charge in [-0.25, -0.2) is 13.2 Å². The molecule has 2 fully saturated rings. The van der Waals surface area contributed by atoms with Crippen molar-refractivity contribution < 1.29 is 18.3 Å². The van der Waals surface area contributed by atoms with Crippen LogP contribution in [0, 0.1) is 17.5 Å². The molecule has 104 valence electrons. The Morgan fingerprint density at radius 3 is 2.26 bits per heavy atom. The first kappa shape index (κ1) is 13.3. The Balaban J connectivity index is 1.83. The minimum absolute atomic E-state index is 0.0591. The van der Waals surface area contributed by atoms with Crippen molar-refractivity contribution in [2.45, 2.75) is 48.2 Å². The number of aliphatic hydroxyl groups is 1. The summed E-state index contributed by atoms with van der Waals surface area (Å²) in [5, 5.41) is 11.4. The zero-order valence-corrected chi connectivity index (χ0v) is 11.2. The summed E-state index contributed by atoms with van der Waals surface area (Å²) in [7, 11) is 0. The van der Waals surface area contributed by atoms with Crippen LogP contribution >= 0.6 is 11.8 Å². The summed E-state index contributed by atoms with van der Waals surface area (Å²) >= 11 is 1.89. The zero-order chi connectivity index (χ0) is 13.6. The van der Waals surface area contributed by atoms with E-state index in [2.05, 4.69) is 0 Å². The Kier molecular flexibility index (Phi) is 3.29. The molecule has 0 radical (unpaired) electrons. The fourth-order valence-corrected chi connectivity index (χ4v) is 5.11. The van der Waals surface area contributed by atoms with E-state index < -0.39 is 23.1 Å². The van der Waals surface area contributed by atoms with Crippen LogP contribution in [0.15, 0.2) is 12.1 Å². The lowest BCUT2D eigenvalue weighted by Crippen LogP contribution is -2.39. The first-order valence-corrected chi connectivity index (χ1v) is 7.41. The summed E-state index contributed by atoms with van der Waals surface area (Å²) < 4.78 is 39.7. The molecule has 0 amide bonds. The second-order valence-electron chi connectivity index (χ2n) is 5.62. The molecule has 2 saturated heterocycles. The molecule has 2 bridgehead atoms. The summed E-state index contributed by atoms with van der Waals surface area (Å²) in [6.45, 7) is 0. The van der Waals surface area contributed by atoms with E-state index in [0.717, 1.165) is 18.9 Å². The van der Waals surface area contributed by atoms with Crippen LogP contribution in [-0.2, 0) is 6.42 Å². The maximum absolute atomic E-state index is 13.6. The van der Waals surface area contributed by atoms with Gasteiger partial charge in [0, 0.05) is 23.0 Å². The monoisotopic (exact) mass is 288 g/mol. The second-order valence-corrected chi connectivity index (χ2v) is 7.23. The van der Waals surface area contributed by atoms with Crippen molar-refractivity contribution in [3.63, 3.8) is 0 Å². The van der Waals surface area contributed by atoms with Crippen LogP contribution in [-0.4, -0.2) is 21.2 Å². The molecule has 0 aliphatic carbocycles. The Labute approximate surface area is 114 Å². The lowest BCUT2D eigenvalue weighted by atomic mass is 9.86. The lowest BCUT2D eigenvalue weighted by molar-refractivity contribution is 0.0233. The van der Waals surface area contributed by atoms with E-state index in [0.29, 0.717) is 29.4 Å². The number of hydrogen-bond donors (Lipinski definition) is 1. The van der Waals surface area contributed by atoms with Gasteiger partial charge in [-0.15, -0.1) is 0 Å². The third-order valence-electron chi connectivity index (χ3n) is 4.02. The van der Waals surface area contributed by atoms with Gasteiger partial charge in [-0.2, -0.15) is 11.8 Å². The Morgan fingerprint density at radius 1 is 1.05 bits per heavy atom. The summed E-state index contributed by atoms with van der Waals surface area (Å²) in [4.78, 5) is 0. The van der Waals surface area contributed by atoms with E-state index in [1.165, 1.54) is 0 Å². The van der Waals surface area contributed by atoms with E-state index in [9.17, 15) is 18.3 Å². The summed E-state index contributed by atoms with van der Waals surface area (Å²) in [6, 6.07) is 1.42. The van der Waals surface area contributed by atoms with Gasteiger partial charge in [0.1, 0.15) is 5.82 Å². The molecule has 2 unspecified atom stereocenters. The van der Waals surface area contributed by atoms with Crippen LogP contribution in [0.2, 0.25) is 0 Å². The normalized spacial score (nSPS) is 33.7. The van der Waals surface area contributed by atoms with E-state index in [4.69, 9.17) is 0 Å². The summed E-state index contributed by atoms with van der Waals surface area (Å²) in [6.07, 6.45) is 3.43. The molecule has 5 heteroatoms. The van der Waals surface area contributed by atoms with Gasteiger partial charge in [0.25, 0.3) is 0 Å². The van der Waals surface area contributed by atoms with Gasteiger partial charge in [-0.1, -0.05) is 0 Å². The smallest absolute Gasteiger partial charge is 0.161 e. The molecule has 3 rings (SSSR count). The molecule has 0 spiro atoms. The predicted molar refractivity (Wildman–Crippen MR) is 68.6 cm³/mol. The van der Waals surface area contributed by atoms with Crippen LogP contribution in [0.1, 0.15) is 31.2 Å². The number of halogens is 3. The van der Waals surface area contributed by atoms with Gasteiger partial charge >= 0.3 is 0 Å². The standard InChI is InChI=1S/C14H15F3OS/c15-11-4-13(17)12(16)3-8(11)5-14(18)6-9-1-2-10(7-14)19-9/h3-4,9-10,18H,1-2,5-7H2. The van der Waals surface area contributed by atoms with Crippen molar-refractivity contribution in [1.29, 1.82) is 0 Å². The zero-order valence-electron chi connectivity index (χ0n) is 10.3. The number of benzene rings is 1. The van der Waals surface area contributed by atoms with Crippen LogP contribution < -0.4 is 0 Å². The minimum Gasteiger partial charge on any atom is -0.389 e. The van der Waals surface area contributed by atoms with E-state index >= 15 is 0 Å².